The molecule has 0 aromatic carbocycles. The van der Waals surface area contributed by atoms with E-state index in [0.717, 1.165) is 49.2 Å². The zero-order chi connectivity index (χ0) is 21.0. The van der Waals surface area contributed by atoms with E-state index >= 15 is 0 Å². The fraction of sp³-hybridized carbons (Fsp3) is 0.435. The molecule has 1 saturated heterocycles. The maximum Gasteiger partial charge on any atom is 0.255 e. The molecule has 0 saturated carbocycles. The number of likely N-dealkylation sites (tertiary alicyclic amines) is 1. The number of carbonyl (C=O) groups is 1. The number of ether oxygens (including phenoxy) is 2. The molecule has 0 bridgehead atoms. The Morgan fingerprint density at radius 3 is 2.66 bits per heavy atom. The number of nitrogens with zero attached hydrogens (tertiary/aromatic N) is 3. The average molecular weight is 396 g/mol. The van der Waals surface area contributed by atoms with E-state index in [9.17, 15) is 4.79 Å². The van der Waals surface area contributed by atoms with Gasteiger partial charge in [0.15, 0.2) is 11.5 Å². The number of piperidine rings is 1. The van der Waals surface area contributed by atoms with Gasteiger partial charge in [0, 0.05) is 32.4 Å². The van der Waals surface area contributed by atoms with Crippen molar-refractivity contribution < 1.29 is 14.3 Å². The molecule has 1 aromatic rings. The smallest absolute Gasteiger partial charge is 0.255 e. The monoisotopic (exact) mass is 395 g/mol. The van der Waals surface area contributed by atoms with Crippen LogP contribution in [0.3, 0.4) is 0 Å². The zero-order valence-electron chi connectivity index (χ0n) is 17.7. The van der Waals surface area contributed by atoms with E-state index in [2.05, 4.69) is 23.5 Å². The van der Waals surface area contributed by atoms with Crippen LogP contribution in [0.15, 0.2) is 46.8 Å². The third kappa shape index (κ3) is 4.26. The van der Waals surface area contributed by atoms with Crippen LogP contribution in [0.4, 0.5) is 0 Å². The maximum absolute atomic E-state index is 12.8. The fourth-order valence-electron chi connectivity index (χ4n) is 3.72. The van der Waals surface area contributed by atoms with Crippen LogP contribution in [-0.2, 0) is 4.74 Å². The van der Waals surface area contributed by atoms with E-state index in [0.29, 0.717) is 28.5 Å². The van der Waals surface area contributed by atoms with Crippen molar-refractivity contribution >= 4 is 17.4 Å². The van der Waals surface area contributed by atoms with Gasteiger partial charge < -0.3 is 14.4 Å². The number of aliphatic imine (C=N–C) groups is 1. The molecule has 0 atom stereocenters. The largest absolute Gasteiger partial charge is 0.494 e. The lowest BCUT2D eigenvalue weighted by molar-refractivity contribution is 0.0723. The molecule has 1 aromatic heterocycles. The number of allylic oxidation sites excluding steroid dienone is 3. The van der Waals surface area contributed by atoms with Crippen LogP contribution in [-0.4, -0.2) is 48.7 Å². The van der Waals surface area contributed by atoms with E-state index in [1.54, 1.807) is 26.4 Å². The van der Waals surface area contributed by atoms with Crippen LogP contribution in [0.25, 0.3) is 5.76 Å². The molecule has 0 radical (unpaired) electrons. The SMILES string of the molecule is C=C(C)/C(CC)=C1\OC(c2ncc(C(=O)N3CCCCC3)cc2OC)=CC1=NC. The fourth-order valence-corrected chi connectivity index (χ4v) is 3.72. The molecule has 6 heteroatoms. The first kappa shape index (κ1) is 20.8. The highest BCUT2D eigenvalue weighted by Gasteiger charge is 2.27. The maximum atomic E-state index is 12.8. The molecule has 1 amide bonds. The Morgan fingerprint density at radius 2 is 2.07 bits per heavy atom. The first-order chi connectivity index (χ1) is 14.0. The van der Waals surface area contributed by atoms with Crippen molar-refractivity contribution in [1.82, 2.24) is 9.88 Å². The Balaban J connectivity index is 1.93. The quantitative estimate of drug-likeness (QED) is 0.741. The van der Waals surface area contributed by atoms with Crippen LogP contribution in [0.5, 0.6) is 5.75 Å². The Kier molecular flexibility index (Phi) is 6.52. The van der Waals surface area contributed by atoms with Crippen LogP contribution >= 0.6 is 0 Å². The van der Waals surface area contributed by atoms with Crippen LogP contribution in [0.2, 0.25) is 0 Å². The molecule has 0 spiro atoms. The molecule has 2 aliphatic heterocycles. The molecule has 29 heavy (non-hydrogen) atoms. The summed E-state index contributed by atoms with van der Waals surface area (Å²) in [6.07, 6.45) is 7.51. The average Bonchev–Trinajstić information content (AvgIpc) is 3.17. The normalized spacial score (nSPS) is 19.7. The molecule has 3 rings (SSSR count). The van der Waals surface area contributed by atoms with Crippen molar-refractivity contribution in [2.45, 2.75) is 39.5 Å². The minimum Gasteiger partial charge on any atom is -0.494 e. The number of rotatable bonds is 5. The third-order valence-corrected chi connectivity index (χ3v) is 5.29. The van der Waals surface area contributed by atoms with Gasteiger partial charge in [-0.1, -0.05) is 19.1 Å². The van der Waals surface area contributed by atoms with Crippen LogP contribution in [0.1, 0.15) is 55.6 Å². The number of pyridine rings is 1. The summed E-state index contributed by atoms with van der Waals surface area (Å²) in [6.45, 7) is 9.66. The topological polar surface area (TPSA) is 64.0 Å². The van der Waals surface area contributed by atoms with Crippen molar-refractivity contribution in [1.29, 1.82) is 0 Å². The van der Waals surface area contributed by atoms with Crippen LogP contribution < -0.4 is 4.74 Å². The molecular weight excluding hydrogens is 366 g/mol. The van der Waals surface area contributed by atoms with Crippen LogP contribution in [0, 0.1) is 0 Å². The first-order valence-corrected chi connectivity index (χ1v) is 10.1. The second-order valence-corrected chi connectivity index (χ2v) is 7.29. The molecule has 0 aliphatic carbocycles. The van der Waals surface area contributed by atoms with E-state index < -0.39 is 0 Å². The highest BCUT2D eigenvalue weighted by Crippen LogP contribution is 2.35. The van der Waals surface area contributed by atoms with Crippen molar-refractivity contribution in [2.75, 3.05) is 27.2 Å². The zero-order valence-corrected chi connectivity index (χ0v) is 17.7. The molecular formula is C23H29N3O3. The highest BCUT2D eigenvalue weighted by molar-refractivity contribution is 6.14. The number of carbonyl (C=O) groups excluding carboxylic acids is 1. The molecule has 0 unspecified atom stereocenters. The number of hydrogen-bond acceptors (Lipinski definition) is 5. The third-order valence-electron chi connectivity index (χ3n) is 5.29. The summed E-state index contributed by atoms with van der Waals surface area (Å²) >= 11 is 0. The number of aromatic nitrogens is 1. The van der Waals surface area contributed by atoms with Gasteiger partial charge in [-0.2, -0.15) is 0 Å². The van der Waals surface area contributed by atoms with Crippen molar-refractivity contribution in [3.05, 3.63) is 53.1 Å². The summed E-state index contributed by atoms with van der Waals surface area (Å²) in [6, 6.07) is 1.74. The summed E-state index contributed by atoms with van der Waals surface area (Å²) < 4.78 is 11.7. The Morgan fingerprint density at radius 1 is 1.34 bits per heavy atom. The molecule has 2 aliphatic rings. The van der Waals surface area contributed by atoms with Gasteiger partial charge in [0.2, 0.25) is 0 Å². The summed E-state index contributed by atoms with van der Waals surface area (Å²) in [5.74, 6) is 1.76. The standard InChI is InChI=1S/C23H29N3O3/c1-6-17(15(2)3)22-18(24-4)13-20(29-22)21-19(28-5)12-16(14-25-21)23(27)26-10-8-7-9-11-26/h12-14H,2,6-11H2,1,3-5H3/b22-17-,24-18?. The molecule has 1 fully saturated rings. The first-order valence-electron chi connectivity index (χ1n) is 10.1. The number of hydrogen-bond donors (Lipinski definition) is 0. The minimum atomic E-state index is -0.00434. The van der Waals surface area contributed by atoms with Gasteiger partial charge in [-0.3, -0.25) is 9.79 Å². The van der Waals surface area contributed by atoms with E-state index in [4.69, 9.17) is 9.47 Å². The Labute approximate surface area is 172 Å². The Hall–Kier alpha value is -2.89. The van der Waals surface area contributed by atoms with Crippen molar-refractivity contribution in [2.24, 2.45) is 4.99 Å². The summed E-state index contributed by atoms with van der Waals surface area (Å²) in [7, 11) is 3.30. The minimum absolute atomic E-state index is 0.00434. The van der Waals surface area contributed by atoms with Gasteiger partial charge in [0.1, 0.15) is 17.2 Å². The molecule has 3 heterocycles. The predicted molar refractivity (Wildman–Crippen MR) is 115 cm³/mol. The van der Waals surface area contributed by atoms with Gasteiger partial charge in [-0.25, -0.2) is 4.98 Å². The van der Waals surface area contributed by atoms with E-state index in [-0.39, 0.29) is 5.91 Å². The molecule has 154 valence electrons. The molecule has 6 nitrogen and oxygen atoms in total. The lowest BCUT2D eigenvalue weighted by Gasteiger charge is -2.26. The van der Waals surface area contributed by atoms with Gasteiger partial charge in [0.05, 0.1) is 12.7 Å². The lowest BCUT2D eigenvalue weighted by Crippen LogP contribution is -2.35. The van der Waals surface area contributed by atoms with Crippen molar-refractivity contribution in [3.63, 3.8) is 0 Å². The second kappa shape index (κ2) is 9.07. The highest BCUT2D eigenvalue weighted by atomic mass is 16.5. The lowest BCUT2D eigenvalue weighted by atomic mass is 10.0. The number of methoxy groups -OCH3 is 1. The van der Waals surface area contributed by atoms with E-state index in [1.165, 1.54) is 6.42 Å². The predicted octanol–water partition coefficient (Wildman–Crippen LogP) is 4.40. The van der Waals surface area contributed by atoms with Gasteiger partial charge in [-0.15, -0.1) is 0 Å². The van der Waals surface area contributed by atoms with Gasteiger partial charge in [-0.05, 0) is 44.2 Å². The van der Waals surface area contributed by atoms with Crippen molar-refractivity contribution in [3.8, 4) is 5.75 Å². The number of amides is 1. The van der Waals surface area contributed by atoms with E-state index in [1.807, 2.05) is 17.9 Å². The second-order valence-electron chi connectivity index (χ2n) is 7.29. The van der Waals surface area contributed by atoms with Gasteiger partial charge >= 0.3 is 0 Å². The summed E-state index contributed by atoms with van der Waals surface area (Å²) in [4.78, 5) is 23.5. The molecule has 0 N–H and O–H groups in total. The summed E-state index contributed by atoms with van der Waals surface area (Å²) in [5.41, 5.74) is 3.80. The van der Waals surface area contributed by atoms with Gasteiger partial charge in [0.25, 0.3) is 5.91 Å². The summed E-state index contributed by atoms with van der Waals surface area (Å²) in [5, 5.41) is 0. The Bertz CT molecular complexity index is 906.